The zero-order valence-corrected chi connectivity index (χ0v) is 18.9. The van der Waals surface area contributed by atoms with Crippen LogP contribution in [0.3, 0.4) is 0 Å². The SMILES string of the molecule is O=C(O)CC(O)CNC(=O)[C@@H]1CCC[C@@H]1CNC(=O)OCC1c2ccccc2-c2ccccc21. The summed E-state index contributed by atoms with van der Waals surface area (Å²) in [5.74, 6) is -1.67. The minimum absolute atomic E-state index is 0.0135. The van der Waals surface area contributed by atoms with Crippen LogP contribution in [0.25, 0.3) is 11.1 Å². The summed E-state index contributed by atoms with van der Waals surface area (Å²) in [5, 5.41) is 23.8. The molecule has 1 fully saturated rings. The number of aliphatic carboxylic acids is 1. The first-order valence-electron chi connectivity index (χ1n) is 11.7. The fourth-order valence-electron chi connectivity index (χ4n) is 5.11. The molecule has 1 saturated carbocycles. The quantitative estimate of drug-likeness (QED) is 0.450. The molecule has 2 amide bonds. The first kappa shape index (κ1) is 23.8. The summed E-state index contributed by atoms with van der Waals surface area (Å²) >= 11 is 0. The predicted octanol–water partition coefficient (Wildman–Crippen LogP) is 2.89. The van der Waals surface area contributed by atoms with Gasteiger partial charge in [-0.15, -0.1) is 0 Å². The summed E-state index contributed by atoms with van der Waals surface area (Å²) in [5.41, 5.74) is 4.63. The number of aliphatic hydroxyl groups is 1. The fraction of sp³-hybridized carbons (Fsp3) is 0.423. The Morgan fingerprint density at radius 1 is 0.971 bits per heavy atom. The summed E-state index contributed by atoms with van der Waals surface area (Å²) < 4.78 is 5.57. The number of carboxylic acid groups (broad SMARTS) is 1. The van der Waals surface area contributed by atoms with E-state index in [0.717, 1.165) is 24.0 Å². The third-order valence-electron chi connectivity index (χ3n) is 6.77. The van der Waals surface area contributed by atoms with Gasteiger partial charge < -0.3 is 25.6 Å². The Balaban J connectivity index is 1.26. The number of fused-ring (bicyclic) bond motifs is 3. The summed E-state index contributed by atoms with van der Waals surface area (Å²) in [6.07, 6.45) is 0.312. The van der Waals surface area contributed by atoms with Gasteiger partial charge in [0.25, 0.3) is 0 Å². The normalized spacial score (nSPS) is 19.7. The fourth-order valence-corrected chi connectivity index (χ4v) is 5.11. The number of aliphatic hydroxyl groups excluding tert-OH is 1. The number of carbonyl (C=O) groups excluding carboxylic acids is 2. The second kappa shape index (κ2) is 10.7. The van der Waals surface area contributed by atoms with Crippen LogP contribution in [0.5, 0.6) is 0 Å². The summed E-state index contributed by atoms with van der Waals surface area (Å²) in [7, 11) is 0. The molecule has 2 aromatic carbocycles. The molecule has 8 heteroatoms. The standard InChI is InChI=1S/C26H30N2O6/c29-17(12-24(30)31)14-27-25(32)18-11-5-6-16(18)13-28-26(33)34-15-23-21-9-3-1-7-19(21)20-8-2-4-10-22(20)23/h1-4,7-10,16-18,23,29H,5-6,11-15H2,(H,27,32)(H,28,33)(H,30,31)/t16-,17?,18-/m1/s1. The molecule has 8 nitrogen and oxygen atoms in total. The largest absolute Gasteiger partial charge is 0.481 e. The van der Waals surface area contributed by atoms with Crippen LogP contribution in [0, 0.1) is 11.8 Å². The van der Waals surface area contributed by atoms with Gasteiger partial charge in [-0.3, -0.25) is 9.59 Å². The third kappa shape index (κ3) is 5.39. The second-order valence-corrected chi connectivity index (χ2v) is 9.00. The van der Waals surface area contributed by atoms with Crippen molar-refractivity contribution in [3.8, 4) is 11.1 Å². The van der Waals surface area contributed by atoms with Gasteiger partial charge in [0.05, 0.1) is 12.5 Å². The molecule has 0 saturated heterocycles. The Kier molecular flexibility index (Phi) is 7.47. The van der Waals surface area contributed by atoms with E-state index in [2.05, 4.69) is 34.9 Å². The van der Waals surface area contributed by atoms with Crippen LogP contribution < -0.4 is 10.6 Å². The highest BCUT2D eigenvalue weighted by atomic mass is 16.5. The number of alkyl carbamates (subject to hydrolysis) is 1. The molecule has 0 aliphatic heterocycles. The maximum Gasteiger partial charge on any atom is 0.407 e. The molecule has 0 aromatic heterocycles. The van der Waals surface area contributed by atoms with Crippen molar-refractivity contribution in [3.63, 3.8) is 0 Å². The zero-order valence-electron chi connectivity index (χ0n) is 18.9. The Morgan fingerprint density at radius 2 is 1.62 bits per heavy atom. The van der Waals surface area contributed by atoms with Crippen molar-refractivity contribution in [2.75, 3.05) is 19.7 Å². The van der Waals surface area contributed by atoms with Crippen molar-refractivity contribution in [2.24, 2.45) is 11.8 Å². The van der Waals surface area contributed by atoms with Crippen LogP contribution in [-0.4, -0.2) is 54.0 Å². The molecular weight excluding hydrogens is 436 g/mol. The molecule has 0 spiro atoms. The van der Waals surface area contributed by atoms with Crippen molar-refractivity contribution >= 4 is 18.0 Å². The minimum Gasteiger partial charge on any atom is -0.481 e. The molecule has 2 aromatic rings. The number of hydrogen-bond acceptors (Lipinski definition) is 5. The van der Waals surface area contributed by atoms with Gasteiger partial charge in [-0.2, -0.15) is 0 Å². The summed E-state index contributed by atoms with van der Waals surface area (Å²) in [4.78, 5) is 35.6. The molecule has 3 atom stereocenters. The van der Waals surface area contributed by atoms with E-state index in [9.17, 15) is 19.5 Å². The van der Waals surface area contributed by atoms with Gasteiger partial charge in [0, 0.05) is 24.9 Å². The average molecular weight is 467 g/mol. The lowest BCUT2D eigenvalue weighted by molar-refractivity contribution is -0.139. The van der Waals surface area contributed by atoms with Crippen LogP contribution in [0.15, 0.2) is 48.5 Å². The van der Waals surface area contributed by atoms with E-state index in [4.69, 9.17) is 9.84 Å². The lowest BCUT2D eigenvalue weighted by Crippen LogP contribution is -2.41. The predicted molar refractivity (Wildman–Crippen MR) is 125 cm³/mol. The van der Waals surface area contributed by atoms with Gasteiger partial charge in [-0.1, -0.05) is 55.0 Å². The smallest absolute Gasteiger partial charge is 0.407 e. The minimum atomic E-state index is -1.12. The first-order valence-corrected chi connectivity index (χ1v) is 11.7. The number of benzene rings is 2. The molecule has 2 aliphatic carbocycles. The van der Waals surface area contributed by atoms with Crippen molar-refractivity contribution in [3.05, 3.63) is 59.7 Å². The number of rotatable bonds is 9. The third-order valence-corrected chi connectivity index (χ3v) is 6.77. The summed E-state index contributed by atoms with van der Waals surface area (Å²) in [6.45, 7) is 0.455. The Labute approximate surface area is 198 Å². The Morgan fingerprint density at radius 3 is 2.26 bits per heavy atom. The zero-order chi connectivity index (χ0) is 24.1. The summed E-state index contributed by atoms with van der Waals surface area (Å²) in [6, 6.07) is 16.3. The monoisotopic (exact) mass is 466 g/mol. The highest BCUT2D eigenvalue weighted by Gasteiger charge is 2.34. The molecule has 0 heterocycles. The van der Waals surface area contributed by atoms with Crippen LogP contribution in [0.1, 0.15) is 42.7 Å². The highest BCUT2D eigenvalue weighted by molar-refractivity contribution is 5.80. The maximum atomic E-state index is 12.5. The van der Waals surface area contributed by atoms with Crippen LogP contribution in [0.4, 0.5) is 4.79 Å². The van der Waals surface area contributed by atoms with E-state index in [1.165, 1.54) is 11.1 Å². The van der Waals surface area contributed by atoms with Crippen LogP contribution in [0.2, 0.25) is 0 Å². The van der Waals surface area contributed by atoms with E-state index in [-0.39, 0.29) is 36.8 Å². The van der Waals surface area contributed by atoms with Crippen molar-refractivity contribution < 1.29 is 29.3 Å². The van der Waals surface area contributed by atoms with Gasteiger partial charge in [0.2, 0.25) is 5.91 Å². The van der Waals surface area contributed by atoms with Crippen molar-refractivity contribution in [1.82, 2.24) is 10.6 Å². The second-order valence-electron chi connectivity index (χ2n) is 9.00. The van der Waals surface area contributed by atoms with Crippen molar-refractivity contribution in [2.45, 2.75) is 37.7 Å². The molecular formula is C26H30N2O6. The lowest BCUT2D eigenvalue weighted by atomic mass is 9.95. The molecule has 180 valence electrons. The number of hydrogen-bond donors (Lipinski definition) is 4. The van der Waals surface area contributed by atoms with E-state index < -0.39 is 24.6 Å². The number of amides is 2. The van der Waals surface area contributed by atoms with Crippen LogP contribution in [-0.2, 0) is 14.3 Å². The van der Waals surface area contributed by atoms with E-state index in [1.54, 1.807) is 0 Å². The molecule has 1 unspecified atom stereocenters. The number of carboxylic acids is 1. The Bertz CT molecular complexity index is 1010. The maximum absolute atomic E-state index is 12.5. The van der Waals surface area contributed by atoms with E-state index in [0.29, 0.717) is 13.0 Å². The first-order chi connectivity index (χ1) is 16.4. The number of nitrogens with one attached hydrogen (secondary N) is 2. The van der Waals surface area contributed by atoms with Gasteiger partial charge in [-0.25, -0.2) is 4.79 Å². The Hall–Kier alpha value is -3.39. The van der Waals surface area contributed by atoms with Gasteiger partial charge in [-0.05, 0) is 41.0 Å². The average Bonchev–Trinajstić information content (AvgIpc) is 3.42. The lowest BCUT2D eigenvalue weighted by Gasteiger charge is -2.21. The molecule has 34 heavy (non-hydrogen) atoms. The van der Waals surface area contributed by atoms with E-state index >= 15 is 0 Å². The number of carbonyl (C=O) groups is 3. The van der Waals surface area contributed by atoms with Gasteiger partial charge in [0.15, 0.2) is 0 Å². The van der Waals surface area contributed by atoms with Crippen LogP contribution >= 0.6 is 0 Å². The molecule has 4 N–H and O–H groups in total. The molecule has 0 bridgehead atoms. The van der Waals surface area contributed by atoms with Gasteiger partial charge >= 0.3 is 12.1 Å². The van der Waals surface area contributed by atoms with E-state index in [1.807, 2.05) is 24.3 Å². The van der Waals surface area contributed by atoms with Gasteiger partial charge in [0.1, 0.15) is 6.61 Å². The molecule has 2 aliphatic rings. The van der Waals surface area contributed by atoms with Crippen molar-refractivity contribution in [1.29, 1.82) is 0 Å². The number of ether oxygens (including phenoxy) is 1. The topological polar surface area (TPSA) is 125 Å². The highest BCUT2D eigenvalue weighted by Crippen LogP contribution is 2.44. The molecule has 0 radical (unpaired) electrons. The molecule has 4 rings (SSSR count).